The summed E-state index contributed by atoms with van der Waals surface area (Å²) in [5.74, 6) is -1.22. The fourth-order valence-electron chi connectivity index (χ4n) is 1.88. The van der Waals surface area contributed by atoms with E-state index in [-0.39, 0.29) is 18.1 Å². The van der Waals surface area contributed by atoms with Gasteiger partial charge in [0.2, 0.25) is 0 Å². The van der Waals surface area contributed by atoms with E-state index in [1.54, 1.807) is 24.3 Å². The van der Waals surface area contributed by atoms with Gasteiger partial charge in [0, 0.05) is 17.2 Å². The second-order valence-electron chi connectivity index (χ2n) is 5.05. The molecule has 0 unspecified atom stereocenters. The number of carboxylic acid groups (broad SMARTS) is 1. The molecular weight excluding hydrogens is 320 g/mol. The number of amides is 1. The van der Waals surface area contributed by atoms with Crippen LogP contribution in [-0.4, -0.2) is 28.5 Å². The predicted octanol–water partition coefficient (Wildman–Crippen LogP) is 3.28. The number of Topliss-reactive ketones (excluding diaryl/α,β-unsaturated/α-hetero) is 1. The zero-order valence-electron chi connectivity index (χ0n) is 13.1. The standard InChI is InChI=1S/C10H9ClN2O.C6H10O3/c1-7-6-10(14)13(12-7)9-4-2-8(11)3-5-9;1-2-3-5(7)4-6(8)9/h2-5H,6H2,1H3;2-4H2,1H3,(H,8,9). The van der Waals surface area contributed by atoms with Crippen molar-refractivity contribution in [2.45, 2.75) is 39.5 Å². The number of hydrogen-bond acceptors (Lipinski definition) is 4. The Morgan fingerprint density at radius 3 is 2.35 bits per heavy atom. The first-order chi connectivity index (χ1) is 10.8. The first-order valence-corrected chi connectivity index (χ1v) is 7.57. The lowest BCUT2D eigenvalue weighted by Crippen LogP contribution is -2.19. The number of nitrogens with zero attached hydrogens (tertiary/aromatic N) is 2. The Morgan fingerprint density at radius 2 is 1.91 bits per heavy atom. The van der Waals surface area contributed by atoms with Crippen molar-refractivity contribution in [1.29, 1.82) is 0 Å². The van der Waals surface area contributed by atoms with E-state index in [0.717, 1.165) is 17.8 Å². The number of carbonyl (C=O) groups is 3. The molecule has 0 aliphatic carbocycles. The summed E-state index contributed by atoms with van der Waals surface area (Å²) in [4.78, 5) is 31.8. The molecule has 0 spiro atoms. The molecule has 23 heavy (non-hydrogen) atoms. The molecule has 1 aliphatic rings. The fraction of sp³-hybridized carbons (Fsp3) is 0.375. The van der Waals surface area contributed by atoms with E-state index in [0.29, 0.717) is 17.9 Å². The molecule has 7 heteroatoms. The molecule has 124 valence electrons. The Bertz CT molecular complexity index is 611. The molecule has 0 aromatic heterocycles. The molecule has 0 saturated carbocycles. The Hall–Kier alpha value is -2.21. The van der Waals surface area contributed by atoms with Crippen LogP contribution in [0, 0.1) is 0 Å². The van der Waals surface area contributed by atoms with Crippen LogP contribution in [0.15, 0.2) is 29.4 Å². The number of ketones is 1. The van der Waals surface area contributed by atoms with Crippen LogP contribution in [-0.2, 0) is 14.4 Å². The van der Waals surface area contributed by atoms with E-state index >= 15 is 0 Å². The lowest BCUT2D eigenvalue weighted by atomic mass is 10.2. The first kappa shape index (κ1) is 18.8. The Labute approximate surface area is 139 Å². The van der Waals surface area contributed by atoms with E-state index < -0.39 is 5.97 Å². The predicted molar refractivity (Wildman–Crippen MR) is 88.8 cm³/mol. The average molecular weight is 339 g/mol. The van der Waals surface area contributed by atoms with Gasteiger partial charge in [-0.2, -0.15) is 5.10 Å². The highest BCUT2D eigenvalue weighted by atomic mass is 35.5. The van der Waals surface area contributed by atoms with Crippen molar-refractivity contribution in [1.82, 2.24) is 0 Å². The van der Waals surface area contributed by atoms with Gasteiger partial charge in [-0.15, -0.1) is 0 Å². The molecule has 1 aliphatic heterocycles. The molecule has 1 heterocycles. The van der Waals surface area contributed by atoms with E-state index in [1.807, 2.05) is 13.8 Å². The van der Waals surface area contributed by atoms with Gasteiger partial charge in [-0.1, -0.05) is 18.5 Å². The summed E-state index contributed by atoms with van der Waals surface area (Å²) in [6.07, 6.45) is 1.19. The number of aliphatic carboxylic acids is 1. The van der Waals surface area contributed by atoms with Gasteiger partial charge in [-0.25, -0.2) is 5.01 Å². The highest BCUT2D eigenvalue weighted by molar-refractivity contribution is 6.30. The van der Waals surface area contributed by atoms with Crippen LogP contribution in [0.2, 0.25) is 5.02 Å². The van der Waals surface area contributed by atoms with Crippen LogP contribution < -0.4 is 5.01 Å². The number of rotatable bonds is 5. The molecular formula is C16H19ClN2O4. The lowest BCUT2D eigenvalue weighted by Gasteiger charge is -2.10. The van der Waals surface area contributed by atoms with Gasteiger partial charge in [0.15, 0.2) is 0 Å². The first-order valence-electron chi connectivity index (χ1n) is 7.19. The van der Waals surface area contributed by atoms with Crippen molar-refractivity contribution in [2.75, 3.05) is 5.01 Å². The molecule has 0 bridgehead atoms. The lowest BCUT2D eigenvalue weighted by molar-refractivity contribution is -0.140. The van der Waals surface area contributed by atoms with E-state index in [2.05, 4.69) is 5.10 Å². The number of halogens is 1. The van der Waals surface area contributed by atoms with Crippen LogP contribution in [0.4, 0.5) is 5.69 Å². The normalized spacial score (nSPS) is 13.3. The molecule has 1 aromatic carbocycles. The highest BCUT2D eigenvalue weighted by Crippen LogP contribution is 2.22. The zero-order chi connectivity index (χ0) is 17.4. The number of hydrazone groups is 1. The summed E-state index contributed by atoms with van der Waals surface area (Å²) >= 11 is 5.74. The summed E-state index contributed by atoms with van der Waals surface area (Å²) in [6.45, 7) is 3.69. The number of benzene rings is 1. The molecule has 1 N–H and O–H groups in total. The third-order valence-electron chi connectivity index (χ3n) is 2.86. The average Bonchev–Trinajstić information content (AvgIpc) is 2.79. The van der Waals surface area contributed by atoms with Gasteiger partial charge >= 0.3 is 5.97 Å². The van der Waals surface area contributed by atoms with Gasteiger partial charge in [0.05, 0.1) is 12.1 Å². The van der Waals surface area contributed by atoms with Crippen molar-refractivity contribution in [3.63, 3.8) is 0 Å². The van der Waals surface area contributed by atoms with E-state index in [4.69, 9.17) is 16.7 Å². The summed E-state index contributed by atoms with van der Waals surface area (Å²) in [5.41, 5.74) is 1.60. The van der Waals surface area contributed by atoms with Crippen LogP contribution >= 0.6 is 11.6 Å². The van der Waals surface area contributed by atoms with E-state index in [1.165, 1.54) is 5.01 Å². The van der Waals surface area contributed by atoms with Gasteiger partial charge in [-0.05, 0) is 37.6 Å². The minimum Gasteiger partial charge on any atom is -0.481 e. The number of anilines is 1. The van der Waals surface area contributed by atoms with Crippen LogP contribution in [0.5, 0.6) is 0 Å². The van der Waals surface area contributed by atoms with Gasteiger partial charge in [-0.3, -0.25) is 14.4 Å². The Kier molecular flexibility index (Phi) is 7.41. The highest BCUT2D eigenvalue weighted by Gasteiger charge is 2.22. The van der Waals surface area contributed by atoms with Crippen LogP contribution in [0.3, 0.4) is 0 Å². The maximum atomic E-state index is 11.4. The molecule has 0 atom stereocenters. The molecule has 2 rings (SSSR count). The summed E-state index contributed by atoms with van der Waals surface area (Å²) < 4.78 is 0. The molecule has 6 nitrogen and oxygen atoms in total. The van der Waals surface area contributed by atoms with Crippen molar-refractivity contribution < 1.29 is 19.5 Å². The molecule has 0 saturated heterocycles. The third-order valence-corrected chi connectivity index (χ3v) is 3.11. The Morgan fingerprint density at radius 1 is 1.30 bits per heavy atom. The summed E-state index contributed by atoms with van der Waals surface area (Å²) in [5, 5.41) is 14.3. The molecule has 1 amide bonds. The zero-order valence-corrected chi connectivity index (χ0v) is 13.8. The largest absolute Gasteiger partial charge is 0.481 e. The molecule has 1 aromatic rings. The summed E-state index contributed by atoms with van der Waals surface area (Å²) in [7, 11) is 0. The fourth-order valence-corrected chi connectivity index (χ4v) is 2.00. The van der Waals surface area contributed by atoms with Gasteiger partial charge < -0.3 is 5.11 Å². The Balaban J connectivity index is 0.000000257. The second kappa shape index (κ2) is 9.05. The van der Waals surface area contributed by atoms with Gasteiger partial charge in [0.25, 0.3) is 5.91 Å². The van der Waals surface area contributed by atoms with Crippen molar-refractivity contribution >= 4 is 40.7 Å². The van der Waals surface area contributed by atoms with Crippen molar-refractivity contribution in [3.8, 4) is 0 Å². The maximum absolute atomic E-state index is 11.4. The SMILES string of the molecule is CC1=NN(c2ccc(Cl)cc2)C(=O)C1.CCCC(=O)CC(=O)O. The maximum Gasteiger partial charge on any atom is 0.310 e. The smallest absolute Gasteiger partial charge is 0.310 e. The van der Waals surface area contributed by atoms with Crippen LogP contribution in [0.1, 0.15) is 39.5 Å². The van der Waals surface area contributed by atoms with E-state index in [9.17, 15) is 14.4 Å². The minimum absolute atomic E-state index is 0.00447. The quantitative estimate of drug-likeness (QED) is 0.834. The third kappa shape index (κ3) is 6.61. The second-order valence-corrected chi connectivity index (χ2v) is 5.49. The van der Waals surface area contributed by atoms with Crippen LogP contribution in [0.25, 0.3) is 0 Å². The van der Waals surface area contributed by atoms with Crippen molar-refractivity contribution in [3.05, 3.63) is 29.3 Å². The minimum atomic E-state index is -1.03. The number of carbonyl (C=O) groups excluding carboxylic acids is 2. The molecule has 0 fully saturated rings. The number of carboxylic acids is 1. The van der Waals surface area contributed by atoms with Crippen molar-refractivity contribution in [2.24, 2.45) is 5.10 Å². The topological polar surface area (TPSA) is 87.0 Å². The molecule has 0 radical (unpaired) electrons. The number of hydrogen-bond donors (Lipinski definition) is 1. The summed E-state index contributed by atoms with van der Waals surface area (Å²) in [6, 6.07) is 7.05. The van der Waals surface area contributed by atoms with Gasteiger partial charge in [0.1, 0.15) is 12.2 Å². The monoisotopic (exact) mass is 338 g/mol.